The van der Waals surface area contributed by atoms with Gasteiger partial charge < -0.3 is 10.4 Å². The van der Waals surface area contributed by atoms with Gasteiger partial charge in [-0.2, -0.15) is 0 Å². The smallest absolute Gasteiger partial charge is 0.303 e. The molecule has 2 atom stereocenters. The van der Waals surface area contributed by atoms with Gasteiger partial charge >= 0.3 is 5.97 Å². The molecule has 1 saturated carbocycles. The summed E-state index contributed by atoms with van der Waals surface area (Å²) in [6.45, 7) is 4.29. The van der Waals surface area contributed by atoms with Crippen LogP contribution in [-0.2, 0) is 4.79 Å². The van der Waals surface area contributed by atoms with Crippen LogP contribution < -0.4 is 5.32 Å². The molecular formula is C9H15NO2. The maximum absolute atomic E-state index is 10.4. The topological polar surface area (TPSA) is 49.3 Å². The minimum Gasteiger partial charge on any atom is -0.481 e. The van der Waals surface area contributed by atoms with Crippen LogP contribution in [-0.4, -0.2) is 24.2 Å². The van der Waals surface area contributed by atoms with Crippen LogP contribution in [0.25, 0.3) is 0 Å². The molecule has 3 heteroatoms. The number of aliphatic carboxylic acids is 1. The minimum absolute atomic E-state index is 0.340. The lowest BCUT2D eigenvalue weighted by molar-refractivity contribution is -0.138. The molecule has 1 aliphatic carbocycles. The van der Waals surface area contributed by atoms with E-state index in [1.54, 1.807) is 0 Å². The van der Waals surface area contributed by atoms with Crippen LogP contribution in [0.3, 0.4) is 0 Å². The Balaban J connectivity index is 1.83. The number of carboxylic acid groups (broad SMARTS) is 1. The fourth-order valence-corrected chi connectivity index (χ4v) is 2.45. The number of carboxylic acids is 1. The highest BCUT2D eigenvalue weighted by molar-refractivity contribution is 5.67. The number of hydrogen-bond acceptors (Lipinski definition) is 2. The first-order valence-electron chi connectivity index (χ1n) is 4.56. The summed E-state index contributed by atoms with van der Waals surface area (Å²) in [5, 5.41) is 11.9. The van der Waals surface area contributed by atoms with Gasteiger partial charge in [0.15, 0.2) is 0 Å². The molecular weight excluding hydrogens is 154 g/mol. The molecule has 0 aromatic rings. The molecule has 68 valence electrons. The van der Waals surface area contributed by atoms with E-state index in [-0.39, 0.29) is 0 Å². The second-order valence-corrected chi connectivity index (χ2v) is 4.35. The molecule has 12 heavy (non-hydrogen) atoms. The molecule has 1 aliphatic heterocycles. The van der Waals surface area contributed by atoms with E-state index in [4.69, 9.17) is 5.11 Å². The highest BCUT2D eigenvalue weighted by Crippen LogP contribution is 2.59. The monoisotopic (exact) mass is 169 g/mol. The van der Waals surface area contributed by atoms with E-state index >= 15 is 0 Å². The standard InChI is InChI=1S/C9H15NO2/c1-6(2-8(11)12)7-3-9(7)4-10-5-9/h6-7,10H,2-5H2,1H3,(H,11,12). The van der Waals surface area contributed by atoms with Crippen molar-refractivity contribution in [3.8, 4) is 0 Å². The second kappa shape index (κ2) is 2.46. The molecule has 0 bridgehead atoms. The van der Waals surface area contributed by atoms with Crippen molar-refractivity contribution in [1.82, 2.24) is 5.32 Å². The van der Waals surface area contributed by atoms with E-state index in [0.717, 1.165) is 13.1 Å². The summed E-state index contributed by atoms with van der Waals surface area (Å²) in [5.41, 5.74) is 0.523. The molecule has 2 rings (SSSR count). The Labute approximate surface area is 72.2 Å². The van der Waals surface area contributed by atoms with Crippen molar-refractivity contribution in [1.29, 1.82) is 0 Å². The van der Waals surface area contributed by atoms with E-state index in [0.29, 0.717) is 23.7 Å². The lowest BCUT2D eigenvalue weighted by atomic mass is 9.89. The van der Waals surface area contributed by atoms with Gasteiger partial charge in [0.05, 0.1) is 0 Å². The Morgan fingerprint density at radius 3 is 2.75 bits per heavy atom. The zero-order valence-corrected chi connectivity index (χ0v) is 7.34. The van der Waals surface area contributed by atoms with Gasteiger partial charge in [0.2, 0.25) is 0 Å². The van der Waals surface area contributed by atoms with Crippen molar-refractivity contribution in [2.75, 3.05) is 13.1 Å². The van der Waals surface area contributed by atoms with Crippen LogP contribution in [0, 0.1) is 17.3 Å². The van der Waals surface area contributed by atoms with Crippen LogP contribution in [0.15, 0.2) is 0 Å². The molecule has 0 aromatic heterocycles. The predicted molar refractivity (Wildman–Crippen MR) is 44.8 cm³/mol. The molecule has 2 N–H and O–H groups in total. The first-order chi connectivity index (χ1) is 5.64. The molecule has 2 unspecified atom stereocenters. The summed E-state index contributed by atoms with van der Waals surface area (Å²) < 4.78 is 0. The molecule has 1 heterocycles. The normalized spacial score (nSPS) is 32.6. The fourth-order valence-electron chi connectivity index (χ4n) is 2.45. The molecule has 0 amide bonds. The minimum atomic E-state index is -0.656. The second-order valence-electron chi connectivity index (χ2n) is 4.35. The maximum Gasteiger partial charge on any atom is 0.303 e. The zero-order valence-electron chi connectivity index (χ0n) is 7.34. The largest absolute Gasteiger partial charge is 0.481 e. The first-order valence-corrected chi connectivity index (χ1v) is 4.56. The Hall–Kier alpha value is -0.570. The number of hydrogen-bond donors (Lipinski definition) is 2. The van der Waals surface area contributed by atoms with Gasteiger partial charge in [-0.25, -0.2) is 0 Å². The van der Waals surface area contributed by atoms with Crippen LogP contribution in [0.2, 0.25) is 0 Å². The van der Waals surface area contributed by atoms with Crippen molar-refractivity contribution < 1.29 is 9.90 Å². The van der Waals surface area contributed by atoms with E-state index in [2.05, 4.69) is 12.2 Å². The third-order valence-electron chi connectivity index (χ3n) is 3.39. The maximum atomic E-state index is 10.4. The van der Waals surface area contributed by atoms with Crippen molar-refractivity contribution >= 4 is 5.97 Å². The summed E-state index contributed by atoms with van der Waals surface area (Å²) >= 11 is 0. The van der Waals surface area contributed by atoms with Crippen LogP contribution in [0.4, 0.5) is 0 Å². The lowest BCUT2D eigenvalue weighted by Crippen LogP contribution is -2.45. The van der Waals surface area contributed by atoms with Gasteiger partial charge in [-0.3, -0.25) is 4.79 Å². The quantitative estimate of drug-likeness (QED) is 0.654. The van der Waals surface area contributed by atoms with E-state index in [1.807, 2.05) is 0 Å². The molecule has 2 aliphatic rings. The van der Waals surface area contributed by atoms with Crippen LogP contribution >= 0.6 is 0 Å². The first kappa shape index (κ1) is 8.05. The lowest BCUT2D eigenvalue weighted by Gasteiger charge is -2.30. The molecule has 2 fully saturated rings. The molecule has 0 aromatic carbocycles. The fraction of sp³-hybridized carbons (Fsp3) is 0.889. The molecule has 1 spiro atoms. The average Bonchev–Trinajstić information content (AvgIpc) is 2.56. The van der Waals surface area contributed by atoms with Gasteiger partial charge in [-0.05, 0) is 23.7 Å². The van der Waals surface area contributed by atoms with Gasteiger partial charge in [0.1, 0.15) is 0 Å². The summed E-state index contributed by atoms with van der Waals surface area (Å²) in [5.74, 6) is 0.385. The SMILES string of the molecule is CC(CC(=O)O)C1CC12CNC2. The van der Waals surface area contributed by atoms with E-state index in [9.17, 15) is 4.79 Å². The summed E-state index contributed by atoms with van der Waals surface area (Å²) in [6, 6.07) is 0. The van der Waals surface area contributed by atoms with Crippen LogP contribution in [0.5, 0.6) is 0 Å². The van der Waals surface area contributed by atoms with Gasteiger partial charge in [-0.1, -0.05) is 6.92 Å². The van der Waals surface area contributed by atoms with Crippen molar-refractivity contribution in [2.45, 2.75) is 19.8 Å². The van der Waals surface area contributed by atoms with Gasteiger partial charge in [-0.15, -0.1) is 0 Å². The van der Waals surface area contributed by atoms with Gasteiger partial charge in [0.25, 0.3) is 0 Å². The number of carbonyl (C=O) groups is 1. The Morgan fingerprint density at radius 2 is 2.42 bits per heavy atom. The molecule has 1 saturated heterocycles. The number of nitrogens with one attached hydrogen (secondary N) is 1. The zero-order chi connectivity index (χ0) is 8.77. The number of rotatable bonds is 3. The third kappa shape index (κ3) is 1.12. The highest BCUT2D eigenvalue weighted by atomic mass is 16.4. The van der Waals surface area contributed by atoms with E-state index < -0.39 is 5.97 Å². The van der Waals surface area contributed by atoms with Crippen molar-refractivity contribution in [2.24, 2.45) is 17.3 Å². The predicted octanol–water partition coefficient (Wildman–Crippen LogP) is 0.707. The Kier molecular flexibility index (Phi) is 1.65. The van der Waals surface area contributed by atoms with Gasteiger partial charge in [0, 0.05) is 19.5 Å². The van der Waals surface area contributed by atoms with Crippen LogP contribution in [0.1, 0.15) is 19.8 Å². The molecule has 3 nitrogen and oxygen atoms in total. The summed E-state index contributed by atoms with van der Waals surface area (Å²) in [6.07, 6.45) is 1.58. The highest BCUT2D eigenvalue weighted by Gasteiger charge is 2.59. The summed E-state index contributed by atoms with van der Waals surface area (Å²) in [4.78, 5) is 10.4. The summed E-state index contributed by atoms with van der Waals surface area (Å²) in [7, 11) is 0. The third-order valence-corrected chi connectivity index (χ3v) is 3.39. The van der Waals surface area contributed by atoms with Crippen molar-refractivity contribution in [3.63, 3.8) is 0 Å². The Morgan fingerprint density at radius 1 is 1.75 bits per heavy atom. The van der Waals surface area contributed by atoms with Crippen molar-refractivity contribution in [3.05, 3.63) is 0 Å². The molecule has 0 radical (unpaired) electrons. The van der Waals surface area contributed by atoms with E-state index in [1.165, 1.54) is 6.42 Å². The average molecular weight is 169 g/mol. The Bertz CT molecular complexity index is 211.